The first-order valence-electron chi connectivity index (χ1n) is 7.70. The first kappa shape index (κ1) is 20.5. The van der Waals surface area contributed by atoms with Crippen molar-refractivity contribution in [1.82, 2.24) is 5.32 Å². The molecule has 0 aliphatic rings. The zero-order chi connectivity index (χ0) is 16.1. The normalized spacial score (nSPS) is 13.7. The zero-order valence-electron chi connectivity index (χ0n) is 13.8. The molecule has 128 valence electrons. The first-order valence-corrected chi connectivity index (χ1v) is 8.95. The fourth-order valence-corrected chi connectivity index (χ4v) is 3.70. The average Bonchev–Trinajstić information content (AvgIpc) is 2.93. The van der Waals surface area contributed by atoms with E-state index in [-0.39, 0.29) is 12.4 Å². The van der Waals surface area contributed by atoms with Crippen molar-refractivity contribution in [2.24, 2.45) is 0 Å². The van der Waals surface area contributed by atoms with E-state index in [2.05, 4.69) is 37.5 Å². The third kappa shape index (κ3) is 6.44. The Labute approximate surface area is 154 Å². The molecule has 1 aromatic heterocycles. The Kier molecular flexibility index (Phi) is 8.59. The molecule has 0 spiro atoms. The quantitative estimate of drug-likeness (QED) is 0.698. The summed E-state index contributed by atoms with van der Waals surface area (Å²) < 4.78 is 0. The lowest BCUT2D eigenvalue weighted by molar-refractivity contribution is 0.170. The third-order valence-corrected chi connectivity index (χ3v) is 4.95. The summed E-state index contributed by atoms with van der Waals surface area (Å²) in [7, 11) is 0. The van der Waals surface area contributed by atoms with Crippen molar-refractivity contribution in [3.8, 4) is 0 Å². The third-order valence-electron chi connectivity index (χ3n) is 3.74. The molecular weight excluding hydrogens is 349 g/mol. The van der Waals surface area contributed by atoms with E-state index in [0.29, 0.717) is 23.5 Å². The summed E-state index contributed by atoms with van der Waals surface area (Å²) in [6, 6.07) is 10.0. The maximum atomic E-state index is 10.2. The van der Waals surface area contributed by atoms with Gasteiger partial charge in [0.2, 0.25) is 0 Å². The molecule has 0 saturated heterocycles. The maximum Gasteiger partial charge on any atom is 0.0914 e. The predicted molar refractivity (Wildman–Crippen MR) is 103 cm³/mol. The van der Waals surface area contributed by atoms with Crippen LogP contribution in [0.15, 0.2) is 35.7 Å². The molecule has 2 atom stereocenters. The number of benzene rings is 1. The summed E-state index contributed by atoms with van der Waals surface area (Å²) in [5, 5.41) is 16.5. The maximum absolute atomic E-state index is 10.2. The topological polar surface area (TPSA) is 32.3 Å². The van der Waals surface area contributed by atoms with Gasteiger partial charge in [0.1, 0.15) is 0 Å². The molecule has 2 N–H and O–H groups in total. The number of hydrogen-bond acceptors (Lipinski definition) is 3. The van der Waals surface area contributed by atoms with Gasteiger partial charge in [0.15, 0.2) is 0 Å². The van der Waals surface area contributed by atoms with Crippen LogP contribution in [0.25, 0.3) is 0 Å². The Bertz CT molecular complexity index is 600. The molecule has 2 aromatic rings. The van der Waals surface area contributed by atoms with Crippen LogP contribution < -0.4 is 5.32 Å². The Morgan fingerprint density at radius 2 is 1.91 bits per heavy atom. The summed E-state index contributed by atoms with van der Waals surface area (Å²) in [4.78, 5) is 1.39. The van der Waals surface area contributed by atoms with Crippen molar-refractivity contribution < 1.29 is 5.11 Å². The highest BCUT2D eigenvalue weighted by molar-refractivity contribution is 7.10. The van der Waals surface area contributed by atoms with Crippen molar-refractivity contribution in [2.75, 3.05) is 6.54 Å². The van der Waals surface area contributed by atoms with Gasteiger partial charge in [-0.05, 0) is 54.0 Å². The van der Waals surface area contributed by atoms with Crippen LogP contribution in [0.5, 0.6) is 0 Å². The van der Waals surface area contributed by atoms with E-state index in [1.807, 2.05) is 35.6 Å². The Hall–Kier alpha value is -0.580. The molecule has 0 amide bonds. The van der Waals surface area contributed by atoms with Crippen LogP contribution >= 0.6 is 35.3 Å². The van der Waals surface area contributed by atoms with Crippen molar-refractivity contribution >= 4 is 35.3 Å². The van der Waals surface area contributed by atoms with E-state index < -0.39 is 6.10 Å². The minimum Gasteiger partial charge on any atom is -0.387 e. The predicted octanol–water partition coefficient (Wildman–Crippen LogP) is 5.20. The van der Waals surface area contributed by atoms with Gasteiger partial charge in [-0.2, -0.15) is 0 Å². The molecule has 1 heterocycles. The molecule has 23 heavy (non-hydrogen) atoms. The van der Waals surface area contributed by atoms with Gasteiger partial charge < -0.3 is 10.4 Å². The fraction of sp³-hybridized carbons (Fsp3) is 0.444. The summed E-state index contributed by atoms with van der Waals surface area (Å²) in [6.45, 7) is 7.12. The molecule has 0 aliphatic heterocycles. The van der Waals surface area contributed by atoms with E-state index in [9.17, 15) is 5.11 Å². The van der Waals surface area contributed by atoms with E-state index in [4.69, 9.17) is 11.6 Å². The number of nitrogens with one attached hydrogen (secondary N) is 1. The molecule has 0 radical (unpaired) electrons. The molecule has 2 rings (SSSR count). The van der Waals surface area contributed by atoms with Crippen LogP contribution in [-0.4, -0.2) is 17.7 Å². The molecule has 2 unspecified atom stereocenters. The monoisotopic (exact) mass is 373 g/mol. The Morgan fingerprint density at radius 3 is 2.52 bits per heavy atom. The number of thiophene rings is 1. The van der Waals surface area contributed by atoms with Crippen molar-refractivity contribution in [3.05, 3.63) is 56.7 Å². The molecule has 2 nitrogen and oxygen atoms in total. The summed E-state index contributed by atoms with van der Waals surface area (Å²) in [5.41, 5.74) is 2.26. The van der Waals surface area contributed by atoms with Crippen molar-refractivity contribution in [2.45, 2.75) is 45.3 Å². The minimum absolute atomic E-state index is 0. The summed E-state index contributed by atoms with van der Waals surface area (Å²) in [5.74, 6) is 0.581. The van der Waals surface area contributed by atoms with Gasteiger partial charge in [-0.3, -0.25) is 0 Å². The van der Waals surface area contributed by atoms with Gasteiger partial charge in [0, 0.05) is 22.5 Å². The van der Waals surface area contributed by atoms with E-state index in [1.165, 1.54) is 10.4 Å². The number of halogens is 2. The molecule has 5 heteroatoms. The molecule has 0 saturated carbocycles. The number of rotatable bonds is 7. The fourth-order valence-electron chi connectivity index (χ4n) is 2.33. The first-order chi connectivity index (χ1) is 10.5. The summed E-state index contributed by atoms with van der Waals surface area (Å²) in [6.07, 6.45) is 0.454. The standard InChI is InChI=1S/C18H24ClNOS.ClH/c1-12(2)15-9-17(22-11-15)7-13(3)20-10-18(21)14-5-4-6-16(19)8-14;/h4-6,8-9,11-13,18,20-21H,7,10H2,1-3H3;1H. The Balaban J connectivity index is 0.00000264. The van der Waals surface area contributed by atoms with Crippen LogP contribution in [0.2, 0.25) is 5.02 Å². The Morgan fingerprint density at radius 1 is 1.17 bits per heavy atom. The van der Waals surface area contributed by atoms with Crippen molar-refractivity contribution in [1.29, 1.82) is 0 Å². The number of hydrogen-bond donors (Lipinski definition) is 2. The highest BCUT2D eigenvalue weighted by Gasteiger charge is 2.11. The second-order valence-corrected chi connectivity index (χ2v) is 7.52. The molecular formula is C18H25Cl2NOS. The van der Waals surface area contributed by atoms with E-state index in [1.54, 1.807) is 0 Å². The lowest BCUT2D eigenvalue weighted by Crippen LogP contribution is -2.31. The van der Waals surface area contributed by atoms with Gasteiger partial charge >= 0.3 is 0 Å². The molecule has 1 aromatic carbocycles. The lowest BCUT2D eigenvalue weighted by Gasteiger charge is -2.17. The van der Waals surface area contributed by atoms with Gasteiger partial charge in [-0.1, -0.05) is 37.6 Å². The lowest BCUT2D eigenvalue weighted by atomic mass is 10.1. The highest BCUT2D eigenvalue weighted by Crippen LogP contribution is 2.23. The van der Waals surface area contributed by atoms with Gasteiger partial charge in [0.25, 0.3) is 0 Å². The number of aliphatic hydroxyl groups is 1. The van der Waals surface area contributed by atoms with Crippen LogP contribution in [-0.2, 0) is 6.42 Å². The largest absolute Gasteiger partial charge is 0.387 e. The van der Waals surface area contributed by atoms with Crippen LogP contribution in [0.1, 0.15) is 48.8 Å². The highest BCUT2D eigenvalue weighted by atomic mass is 35.5. The van der Waals surface area contributed by atoms with E-state index >= 15 is 0 Å². The van der Waals surface area contributed by atoms with Gasteiger partial charge in [-0.25, -0.2) is 0 Å². The second-order valence-electron chi connectivity index (χ2n) is 6.09. The minimum atomic E-state index is -0.532. The van der Waals surface area contributed by atoms with Gasteiger partial charge in [-0.15, -0.1) is 23.7 Å². The van der Waals surface area contributed by atoms with E-state index in [0.717, 1.165) is 12.0 Å². The summed E-state index contributed by atoms with van der Waals surface area (Å²) >= 11 is 7.78. The van der Waals surface area contributed by atoms with Crippen LogP contribution in [0.3, 0.4) is 0 Å². The zero-order valence-corrected chi connectivity index (χ0v) is 16.1. The van der Waals surface area contributed by atoms with Crippen molar-refractivity contribution in [3.63, 3.8) is 0 Å². The van der Waals surface area contributed by atoms with Gasteiger partial charge in [0.05, 0.1) is 6.10 Å². The van der Waals surface area contributed by atoms with Crippen LogP contribution in [0, 0.1) is 0 Å². The molecule has 0 aliphatic carbocycles. The smallest absolute Gasteiger partial charge is 0.0914 e. The SMILES string of the molecule is CC(Cc1cc(C(C)C)cs1)NCC(O)c1cccc(Cl)c1.Cl. The second kappa shape index (κ2) is 9.65. The molecule has 0 bridgehead atoms. The number of aliphatic hydroxyl groups excluding tert-OH is 1. The molecule has 0 fully saturated rings. The van der Waals surface area contributed by atoms with Crippen LogP contribution in [0.4, 0.5) is 0 Å². The average molecular weight is 374 g/mol.